The Balaban J connectivity index is 2.04. The normalized spacial score (nSPS) is 11.1. The number of nitrogens with zero attached hydrogens (tertiary/aromatic N) is 3. The van der Waals surface area contributed by atoms with Gasteiger partial charge in [-0.1, -0.05) is 29.0 Å². The molecule has 0 unspecified atom stereocenters. The van der Waals surface area contributed by atoms with E-state index in [4.69, 9.17) is 14.5 Å². The maximum Gasteiger partial charge on any atom is 0.260 e. The number of aromatic nitrogens is 1. The van der Waals surface area contributed by atoms with E-state index in [1.54, 1.807) is 19.1 Å². The number of carbonyl (C=O) groups excluding carboxylic acids is 1. The van der Waals surface area contributed by atoms with Crippen molar-refractivity contribution in [2.24, 2.45) is 0 Å². The summed E-state index contributed by atoms with van der Waals surface area (Å²) in [5, 5.41) is 0.646. The highest BCUT2D eigenvalue weighted by Gasteiger charge is 2.23. The number of aryl methyl sites for hydroxylation is 1. The van der Waals surface area contributed by atoms with E-state index in [1.807, 2.05) is 57.4 Å². The number of fused-ring (bicyclic) bond motifs is 1. The van der Waals surface area contributed by atoms with Gasteiger partial charge in [0.15, 0.2) is 5.13 Å². The lowest BCUT2D eigenvalue weighted by Gasteiger charge is -2.21. The number of hydrogen-bond donors (Lipinski definition) is 0. The predicted octanol–water partition coefficient (Wildman–Crippen LogP) is 4.22. The molecule has 0 aliphatic rings. The van der Waals surface area contributed by atoms with E-state index in [0.29, 0.717) is 28.5 Å². The van der Waals surface area contributed by atoms with Crippen LogP contribution in [-0.2, 0) is 0 Å². The zero-order valence-corrected chi connectivity index (χ0v) is 18.4. The van der Waals surface area contributed by atoms with E-state index in [-0.39, 0.29) is 5.91 Å². The number of amides is 1. The molecule has 3 rings (SSSR count). The van der Waals surface area contributed by atoms with Gasteiger partial charge in [0.05, 0.1) is 14.2 Å². The lowest BCUT2D eigenvalue weighted by molar-refractivity contribution is 0.0986. The Kier molecular flexibility index (Phi) is 6.71. The molecular weight excluding hydrogens is 386 g/mol. The van der Waals surface area contributed by atoms with Crippen molar-refractivity contribution in [2.75, 3.05) is 46.3 Å². The molecule has 0 saturated heterocycles. The third-order valence-corrected chi connectivity index (χ3v) is 5.72. The molecule has 0 saturated carbocycles. The molecule has 3 aromatic rings. The Hall–Kier alpha value is -2.64. The third kappa shape index (κ3) is 4.68. The summed E-state index contributed by atoms with van der Waals surface area (Å²) in [7, 11) is 7.31. The molecular formula is C22H27N3O3S. The number of ether oxygens (including phenoxy) is 2. The van der Waals surface area contributed by atoms with Crippen LogP contribution in [0.15, 0.2) is 36.4 Å². The van der Waals surface area contributed by atoms with Crippen LogP contribution in [0.2, 0.25) is 0 Å². The molecule has 0 fully saturated rings. The van der Waals surface area contributed by atoms with Crippen molar-refractivity contribution in [3.05, 3.63) is 47.5 Å². The Morgan fingerprint density at radius 1 is 1.07 bits per heavy atom. The SMILES string of the molecule is COc1ccc(OC)c2sc(N(CCCN(C)C)C(=O)c3cccc(C)c3)nc12. The van der Waals surface area contributed by atoms with Crippen molar-refractivity contribution in [1.82, 2.24) is 9.88 Å². The Labute approximate surface area is 175 Å². The second kappa shape index (κ2) is 9.24. The molecule has 0 aliphatic carbocycles. The van der Waals surface area contributed by atoms with Crippen LogP contribution in [-0.4, -0.2) is 57.2 Å². The van der Waals surface area contributed by atoms with Crippen molar-refractivity contribution in [1.29, 1.82) is 0 Å². The Bertz CT molecular complexity index is 959. The van der Waals surface area contributed by atoms with Crippen molar-refractivity contribution in [3.63, 3.8) is 0 Å². The Morgan fingerprint density at radius 2 is 1.79 bits per heavy atom. The molecule has 0 spiro atoms. The van der Waals surface area contributed by atoms with E-state index >= 15 is 0 Å². The van der Waals surface area contributed by atoms with Gasteiger partial charge in [-0.3, -0.25) is 9.69 Å². The zero-order chi connectivity index (χ0) is 21.0. The molecule has 0 atom stereocenters. The monoisotopic (exact) mass is 413 g/mol. The highest BCUT2D eigenvalue weighted by atomic mass is 32.1. The summed E-state index contributed by atoms with van der Waals surface area (Å²) in [5.41, 5.74) is 2.42. The topological polar surface area (TPSA) is 54.9 Å². The second-order valence-electron chi connectivity index (χ2n) is 7.13. The molecule has 154 valence electrons. The standard InChI is InChI=1S/C22H27N3O3S/c1-15-8-6-9-16(14-15)21(26)25(13-7-12-24(2)3)22-23-19-17(27-4)10-11-18(28-5)20(19)29-22/h6,8-11,14H,7,12-13H2,1-5H3. The minimum atomic E-state index is -0.0514. The van der Waals surface area contributed by atoms with E-state index in [2.05, 4.69) is 4.90 Å². The summed E-state index contributed by atoms with van der Waals surface area (Å²) < 4.78 is 11.8. The molecule has 29 heavy (non-hydrogen) atoms. The fraction of sp³-hybridized carbons (Fsp3) is 0.364. The average Bonchev–Trinajstić information content (AvgIpc) is 3.14. The van der Waals surface area contributed by atoms with E-state index in [0.717, 1.165) is 29.0 Å². The number of methoxy groups -OCH3 is 2. The van der Waals surface area contributed by atoms with Crippen LogP contribution in [0, 0.1) is 6.92 Å². The quantitative estimate of drug-likeness (QED) is 0.553. The van der Waals surface area contributed by atoms with Gasteiger partial charge in [0.1, 0.15) is 21.7 Å². The van der Waals surface area contributed by atoms with Crippen molar-refractivity contribution in [3.8, 4) is 11.5 Å². The van der Waals surface area contributed by atoms with Crippen LogP contribution in [0.5, 0.6) is 11.5 Å². The van der Waals surface area contributed by atoms with Gasteiger partial charge < -0.3 is 14.4 Å². The van der Waals surface area contributed by atoms with Gasteiger partial charge in [-0.2, -0.15) is 0 Å². The highest BCUT2D eigenvalue weighted by molar-refractivity contribution is 7.22. The third-order valence-electron chi connectivity index (χ3n) is 4.63. The Morgan fingerprint density at radius 3 is 2.45 bits per heavy atom. The van der Waals surface area contributed by atoms with Crippen LogP contribution in [0.3, 0.4) is 0 Å². The number of carbonyl (C=O) groups is 1. The molecule has 0 radical (unpaired) electrons. The molecule has 7 heteroatoms. The zero-order valence-electron chi connectivity index (χ0n) is 17.6. The summed E-state index contributed by atoms with van der Waals surface area (Å²) in [6, 6.07) is 11.4. The van der Waals surface area contributed by atoms with Gasteiger partial charge in [0, 0.05) is 12.1 Å². The lowest BCUT2D eigenvalue weighted by Crippen LogP contribution is -2.33. The van der Waals surface area contributed by atoms with Crippen molar-refractivity contribution in [2.45, 2.75) is 13.3 Å². The highest BCUT2D eigenvalue weighted by Crippen LogP contribution is 2.40. The first kappa shape index (κ1) is 21.1. The second-order valence-corrected chi connectivity index (χ2v) is 8.10. The number of benzene rings is 2. The molecule has 1 aromatic heterocycles. The summed E-state index contributed by atoms with van der Waals surface area (Å²) in [6.07, 6.45) is 0.842. The number of hydrogen-bond acceptors (Lipinski definition) is 6. The molecule has 1 heterocycles. The molecule has 6 nitrogen and oxygen atoms in total. The molecule has 0 N–H and O–H groups in total. The minimum Gasteiger partial charge on any atom is -0.495 e. The van der Waals surface area contributed by atoms with E-state index in [9.17, 15) is 4.79 Å². The minimum absolute atomic E-state index is 0.0514. The van der Waals surface area contributed by atoms with Gasteiger partial charge in [0.2, 0.25) is 0 Å². The smallest absolute Gasteiger partial charge is 0.260 e. The lowest BCUT2D eigenvalue weighted by atomic mass is 10.1. The van der Waals surface area contributed by atoms with Gasteiger partial charge in [0.25, 0.3) is 5.91 Å². The molecule has 0 aliphatic heterocycles. The maximum absolute atomic E-state index is 13.4. The van der Waals surface area contributed by atoms with Crippen LogP contribution >= 0.6 is 11.3 Å². The first-order valence-corrected chi connectivity index (χ1v) is 10.3. The van der Waals surface area contributed by atoms with Crippen LogP contribution in [0.1, 0.15) is 22.3 Å². The van der Waals surface area contributed by atoms with Gasteiger partial charge >= 0.3 is 0 Å². The molecule has 2 aromatic carbocycles. The largest absolute Gasteiger partial charge is 0.495 e. The molecule has 1 amide bonds. The first-order chi connectivity index (χ1) is 13.9. The summed E-state index contributed by atoms with van der Waals surface area (Å²) in [4.78, 5) is 22.0. The first-order valence-electron chi connectivity index (χ1n) is 9.49. The van der Waals surface area contributed by atoms with Crippen molar-refractivity contribution < 1.29 is 14.3 Å². The number of rotatable bonds is 8. The summed E-state index contributed by atoms with van der Waals surface area (Å²) >= 11 is 1.45. The fourth-order valence-electron chi connectivity index (χ4n) is 3.15. The van der Waals surface area contributed by atoms with Gasteiger partial charge in [-0.25, -0.2) is 4.98 Å². The number of anilines is 1. The average molecular weight is 414 g/mol. The predicted molar refractivity (Wildman–Crippen MR) is 119 cm³/mol. The van der Waals surface area contributed by atoms with Crippen LogP contribution in [0.4, 0.5) is 5.13 Å². The van der Waals surface area contributed by atoms with Crippen molar-refractivity contribution >= 4 is 32.6 Å². The van der Waals surface area contributed by atoms with Gasteiger partial charge in [-0.15, -0.1) is 0 Å². The summed E-state index contributed by atoms with van der Waals surface area (Å²) in [6.45, 7) is 3.45. The van der Waals surface area contributed by atoms with Crippen LogP contribution in [0.25, 0.3) is 10.2 Å². The fourth-order valence-corrected chi connectivity index (χ4v) is 4.25. The van der Waals surface area contributed by atoms with Crippen LogP contribution < -0.4 is 14.4 Å². The molecule has 0 bridgehead atoms. The number of thiazole rings is 1. The van der Waals surface area contributed by atoms with Gasteiger partial charge in [-0.05, 0) is 58.3 Å². The summed E-state index contributed by atoms with van der Waals surface area (Å²) in [5.74, 6) is 1.34. The van der Waals surface area contributed by atoms with E-state index in [1.165, 1.54) is 11.3 Å². The van der Waals surface area contributed by atoms with E-state index < -0.39 is 0 Å². The maximum atomic E-state index is 13.4.